The summed E-state index contributed by atoms with van der Waals surface area (Å²) in [6, 6.07) is 20.2. The Balaban J connectivity index is 1.59. The highest BCUT2D eigenvalue weighted by Crippen LogP contribution is 2.31. The van der Waals surface area contributed by atoms with E-state index in [1.165, 1.54) is 5.70 Å². The van der Waals surface area contributed by atoms with Crippen molar-refractivity contribution in [2.24, 2.45) is 0 Å². The van der Waals surface area contributed by atoms with E-state index in [-0.39, 0.29) is 0 Å². The van der Waals surface area contributed by atoms with E-state index >= 15 is 0 Å². The average Bonchev–Trinajstić information content (AvgIpc) is 3.35. The zero-order valence-corrected chi connectivity index (χ0v) is 18.1. The van der Waals surface area contributed by atoms with Gasteiger partial charge >= 0.3 is 0 Å². The van der Waals surface area contributed by atoms with Crippen LogP contribution < -0.4 is 9.64 Å². The summed E-state index contributed by atoms with van der Waals surface area (Å²) in [7, 11) is 0. The standard InChI is InChI=1S/C29H27NO2/c1-2-11-24(22-23-31-27-14-9-10-15-27)30(25-12-5-3-6-13-25)26-18-20-29(21-19-26)32-28-16-7-4-8-17-28/h2-14,16-18,20,22-23H,1,15,19,21H2/b23-22-,24-11+. The second-order valence-corrected chi connectivity index (χ2v) is 7.39. The lowest BCUT2D eigenvalue weighted by Crippen LogP contribution is -2.22. The Morgan fingerprint density at radius 2 is 1.66 bits per heavy atom. The third kappa shape index (κ3) is 5.58. The summed E-state index contributed by atoms with van der Waals surface area (Å²) in [5.74, 6) is 2.76. The summed E-state index contributed by atoms with van der Waals surface area (Å²) < 4.78 is 11.8. The van der Waals surface area contributed by atoms with Crippen molar-refractivity contribution < 1.29 is 9.47 Å². The van der Waals surface area contributed by atoms with E-state index in [0.29, 0.717) is 0 Å². The van der Waals surface area contributed by atoms with Gasteiger partial charge in [0.2, 0.25) is 0 Å². The number of rotatable bonds is 9. The van der Waals surface area contributed by atoms with Crippen molar-refractivity contribution in [1.82, 2.24) is 0 Å². The van der Waals surface area contributed by atoms with Gasteiger partial charge in [0.25, 0.3) is 0 Å². The average molecular weight is 422 g/mol. The van der Waals surface area contributed by atoms with E-state index in [1.54, 1.807) is 12.3 Å². The van der Waals surface area contributed by atoms with E-state index < -0.39 is 0 Å². The Bertz CT molecular complexity index is 1100. The van der Waals surface area contributed by atoms with Crippen molar-refractivity contribution in [3.05, 3.63) is 145 Å². The second kappa shape index (κ2) is 10.9. The summed E-state index contributed by atoms with van der Waals surface area (Å²) in [6.45, 7) is 3.92. The molecule has 2 aromatic rings. The van der Waals surface area contributed by atoms with Crippen molar-refractivity contribution in [3.8, 4) is 5.75 Å². The van der Waals surface area contributed by atoms with Gasteiger partial charge in [-0.1, -0.05) is 61.2 Å². The van der Waals surface area contributed by atoms with Gasteiger partial charge in [0, 0.05) is 29.9 Å². The Morgan fingerprint density at radius 3 is 2.31 bits per heavy atom. The zero-order valence-electron chi connectivity index (χ0n) is 18.1. The smallest absolute Gasteiger partial charge is 0.126 e. The van der Waals surface area contributed by atoms with Gasteiger partial charge in [-0.2, -0.15) is 0 Å². The molecule has 0 atom stereocenters. The molecule has 0 saturated heterocycles. The molecule has 0 aromatic heterocycles. The molecule has 0 heterocycles. The third-order valence-corrected chi connectivity index (χ3v) is 5.13. The number of allylic oxidation sites excluding steroid dienone is 10. The molecule has 2 aromatic carbocycles. The second-order valence-electron chi connectivity index (χ2n) is 7.39. The quantitative estimate of drug-likeness (QED) is 0.308. The van der Waals surface area contributed by atoms with Crippen LogP contribution in [0.25, 0.3) is 0 Å². The lowest BCUT2D eigenvalue weighted by Gasteiger charge is -2.30. The minimum absolute atomic E-state index is 0.824. The zero-order chi connectivity index (χ0) is 22.0. The van der Waals surface area contributed by atoms with Gasteiger partial charge in [-0.3, -0.25) is 0 Å². The third-order valence-electron chi connectivity index (χ3n) is 5.13. The molecule has 4 rings (SSSR count). The normalized spacial score (nSPS) is 15.8. The largest absolute Gasteiger partial charge is 0.469 e. The van der Waals surface area contributed by atoms with E-state index in [9.17, 15) is 0 Å². The molecule has 32 heavy (non-hydrogen) atoms. The molecule has 0 bridgehead atoms. The Labute approximate surface area is 190 Å². The summed E-state index contributed by atoms with van der Waals surface area (Å²) in [5.41, 5.74) is 3.24. The topological polar surface area (TPSA) is 21.7 Å². The van der Waals surface area contributed by atoms with E-state index in [0.717, 1.165) is 47.9 Å². The summed E-state index contributed by atoms with van der Waals surface area (Å²) in [4.78, 5) is 2.23. The molecule has 0 fully saturated rings. The van der Waals surface area contributed by atoms with Gasteiger partial charge in [-0.05, 0) is 61.1 Å². The van der Waals surface area contributed by atoms with Gasteiger partial charge < -0.3 is 14.4 Å². The van der Waals surface area contributed by atoms with Crippen LogP contribution in [0.2, 0.25) is 0 Å². The first-order valence-corrected chi connectivity index (χ1v) is 10.8. The van der Waals surface area contributed by atoms with Crippen LogP contribution in [0.5, 0.6) is 5.75 Å². The van der Waals surface area contributed by atoms with Crippen LogP contribution in [0.15, 0.2) is 145 Å². The van der Waals surface area contributed by atoms with Gasteiger partial charge in [0.05, 0.1) is 6.26 Å². The van der Waals surface area contributed by atoms with Crippen molar-refractivity contribution in [1.29, 1.82) is 0 Å². The van der Waals surface area contributed by atoms with Crippen molar-refractivity contribution in [2.75, 3.05) is 4.90 Å². The van der Waals surface area contributed by atoms with Crippen LogP contribution in [0.4, 0.5) is 5.69 Å². The van der Waals surface area contributed by atoms with Crippen LogP contribution >= 0.6 is 0 Å². The maximum Gasteiger partial charge on any atom is 0.126 e. The first kappa shape index (κ1) is 21.3. The maximum atomic E-state index is 6.04. The molecule has 0 unspecified atom stereocenters. The predicted octanol–water partition coefficient (Wildman–Crippen LogP) is 7.58. The molecule has 2 aliphatic rings. The van der Waals surface area contributed by atoms with Crippen LogP contribution in [-0.2, 0) is 4.74 Å². The Hall–Kier alpha value is -3.98. The van der Waals surface area contributed by atoms with E-state index in [1.807, 2.05) is 72.8 Å². The number of benzene rings is 2. The van der Waals surface area contributed by atoms with Crippen molar-refractivity contribution in [3.63, 3.8) is 0 Å². The molecule has 3 nitrogen and oxygen atoms in total. The minimum Gasteiger partial charge on any atom is -0.469 e. The fourth-order valence-electron chi connectivity index (χ4n) is 3.61. The number of nitrogens with zero attached hydrogens (tertiary/aromatic N) is 1. The maximum absolute atomic E-state index is 6.04. The molecular weight excluding hydrogens is 394 g/mol. The molecular formula is C29H27NO2. The molecule has 0 aliphatic heterocycles. The first-order valence-electron chi connectivity index (χ1n) is 10.8. The van der Waals surface area contributed by atoms with E-state index in [2.05, 4.69) is 41.8 Å². The Kier molecular flexibility index (Phi) is 7.22. The molecule has 0 spiro atoms. The highest BCUT2D eigenvalue weighted by Gasteiger charge is 2.18. The molecule has 0 N–H and O–H groups in total. The molecule has 2 aliphatic carbocycles. The number of ether oxygens (including phenoxy) is 2. The van der Waals surface area contributed by atoms with Crippen LogP contribution in [-0.4, -0.2) is 0 Å². The highest BCUT2D eigenvalue weighted by atomic mass is 16.5. The van der Waals surface area contributed by atoms with Gasteiger partial charge in [0.1, 0.15) is 17.3 Å². The number of anilines is 1. The molecule has 0 amide bonds. The predicted molar refractivity (Wildman–Crippen MR) is 132 cm³/mol. The van der Waals surface area contributed by atoms with Crippen molar-refractivity contribution >= 4 is 5.69 Å². The highest BCUT2D eigenvalue weighted by molar-refractivity contribution is 5.61. The van der Waals surface area contributed by atoms with Crippen molar-refractivity contribution in [2.45, 2.75) is 19.3 Å². The fraction of sp³-hybridized carbons (Fsp3) is 0.103. The van der Waals surface area contributed by atoms with E-state index in [4.69, 9.17) is 9.47 Å². The minimum atomic E-state index is 0.824. The molecule has 0 radical (unpaired) electrons. The van der Waals surface area contributed by atoms with Crippen LogP contribution in [0.1, 0.15) is 19.3 Å². The lowest BCUT2D eigenvalue weighted by molar-refractivity contribution is 0.345. The van der Waals surface area contributed by atoms with Gasteiger partial charge in [0.15, 0.2) is 0 Å². The SMILES string of the molecule is C=C/C=C(\C=C/OC1=CC=CC1)N(C1=CC=C(Oc2ccccc2)CC1)c1ccccc1. The number of hydrogen-bond donors (Lipinski definition) is 0. The molecule has 0 saturated carbocycles. The summed E-state index contributed by atoms with van der Waals surface area (Å²) in [5, 5.41) is 0. The fourth-order valence-corrected chi connectivity index (χ4v) is 3.61. The lowest BCUT2D eigenvalue weighted by atomic mass is 10.1. The van der Waals surface area contributed by atoms with Gasteiger partial charge in [-0.25, -0.2) is 0 Å². The molecule has 160 valence electrons. The number of hydrogen-bond acceptors (Lipinski definition) is 3. The monoisotopic (exact) mass is 421 g/mol. The van der Waals surface area contributed by atoms with Crippen LogP contribution in [0, 0.1) is 0 Å². The number of para-hydroxylation sites is 2. The van der Waals surface area contributed by atoms with Gasteiger partial charge in [-0.15, -0.1) is 0 Å². The molecule has 3 heteroatoms. The van der Waals surface area contributed by atoms with Crippen LogP contribution in [0.3, 0.4) is 0 Å². The summed E-state index contributed by atoms with van der Waals surface area (Å²) >= 11 is 0. The summed E-state index contributed by atoms with van der Waals surface area (Å²) in [6.07, 6.45) is 20.3. The Morgan fingerprint density at radius 1 is 0.875 bits per heavy atom. The first-order chi connectivity index (χ1) is 15.8.